The van der Waals surface area contributed by atoms with Crippen molar-refractivity contribution in [3.63, 3.8) is 0 Å². The van der Waals surface area contributed by atoms with Gasteiger partial charge < -0.3 is 10.6 Å². The molecule has 1 aliphatic rings. The van der Waals surface area contributed by atoms with Crippen molar-refractivity contribution in [2.24, 2.45) is 5.92 Å². The fourth-order valence-corrected chi connectivity index (χ4v) is 2.32. The van der Waals surface area contributed by atoms with E-state index in [1.54, 1.807) is 0 Å². The highest BCUT2D eigenvalue weighted by Crippen LogP contribution is 2.24. The second-order valence-corrected chi connectivity index (χ2v) is 5.02. The van der Waals surface area contributed by atoms with Gasteiger partial charge in [0.15, 0.2) is 0 Å². The average molecular weight is 246 g/mol. The van der Waals surface area contributed by atoms with Crippen molar-refractivity contribution in [1.29, 1.82) is 0 Å². The van der Waals surface area contributed by atoms with Crippen molar-refractivity contribution < 1.29 is 9.59 Å². The Balaban J connectivity index is 2.32. The number of nitrogens with one attached hydrogen (secondary N) is 2. The molecule has 18 heavy (non-hydrogen) atoms. The van der Waals surface area contributed by atoms with Crippen LogP contribution in [0.4, 0.5) is 0 Å². The molecule has 0 aliphatic carbocycles. The molecule has 1 heterocycles. The summed E-state index contributed by atoms with van der Waals surface area (Å²) in [7, 11) is 0. The molecule has 0 bridgehead atoms. The Labute approximate surface area is 107 Å². The minimum Gasteiger partial charge on any atom is -0.345 e. The summed E-state index contributed by atoms with van der Waals surface area (Å²) < 4.78 is 0. The zero-order chi connectivity index (χ0) is 13.2. The van der Waals surface area contributed by atoms with E-state index < -0.39 is 5.54 Å². The summed E-state index contributed by atoms with van der Waals surface area (Å²) in [5.41, 5.74) is 0.208. The van der Waals surface area contributed by atoms with Crippen molar-refractivity contribution in [1.82, 2.24) is 10.6 Å². The van der Waals surface area contributed by atoms with E-state index in [-0.39, 0.29) is 24.3 Å². The molecule has 0 aromatic heterocycles. The zero-order valence-corrected chi connectivity index (χ0v) is 10.7. The second-order valence-electron chi connectivity index (χ2n) is 5.02. The molecule has 1 aromatic rings. The summed E-state index contributed by atoms with van der Waals surface area (Å²) in [6, 6.07) is 9.75. The van der Waals surface area contributed by atoms with Crippen LogP contribution in [0.2, 0.25) is 0 Å². The van der Waals surface area contributed by atoms with E-state index >= 15 is 0 Å². The van der Waals surface area contributed by atoms with Crippen molar-refractivity contribution in [3.8, 4) is 0 Å². The van der Waals surface area contributed by atoms with Crippen molar-refractivity contribution in [2.45, 2.75) is 25.8 Å². The zero-order valence-electron chi connectivity index (χ0n) is 10.7. The van der Waals surface area contributed by atoms with Gasteiger partial charge in [0.25, 0.3) is 0 Å². The Morgan fingerprint density at radius 3 is 2.50 bits per heavy atom. The third-order valence-electron chi connectivity index (χ3n) is 3.49. The fraction of sp³-hybridized carbons (Fsp3) is 0.429. The number of hydrogen-bond donors (Lipinski definition) is 2. The maximum absolute atomic E-state index is 12.2. The van der Waals surface area contributed by atoms with Gasteiger partial charge in [-0.15, -0.1) is 0 Å². The maximum Gasteiger partial charge on any atom is 0.246 e. The van der Waals surface area contributed by atoms with Crippen LogP contribution in [-0.2, 0) is 16.0 Å². The highest BCUT2D eigenvalue weighted by molar-refractivity contribution is 5.98. The molecular formula is C14H18N2O2. The molecule has 1 saturated heterocycles. The molecule has 2 amide bonds. The van der Waals surface area contributed by atoms with Gasteiger partial charge in [0.05, 0.1) is 6.54 Å². The minimum absolute atomic E-state index is 0.0296. The van der Waals surface area contributed by atoms with E-state index in [4.69, 9.17) is 0 Å². The van der Waals surface area contributed by atoms with E-state index in [0.29, 0.717) is 6.42 Å². The average Bonchev–Trinajstić information content (AvgIpc) is 2.35. The molecule has 1 aromatic carbocycles. The van der Waals surface area contributed by atoms with Crippen molar-refractivity contribution >= 4 is 11.8 Å². The van der Waals surface area contributed by atoms with E-state index in [0.717, 1.165) is 5.56 Å². The van der Waals surface area contributed by atoms with Crippen LogP contribution in [0.3, 0.4) is 0 Å². The summed E-state index contributed by atoms with van der Waals surface area (Å²) in [6.45, 7) is 3.98. The van der Waals surface area contributed by atoms with Gasteiger partial charge in [0.2, 0.25) is 11.8 Å². The van der Waals surface area contributed by atoms with Crippen molar-refractivity contribution in [2.75, 3.05) is 6.54 Å². The fourth-order valence-electron chi connectivity index (χ4n) is 2.32. The van der Waals surface area contributed by atoms with Gasteiger partial charge in [-0.25, -0.2) is 0 Å². The van der Waals surface area contributed by atoms with Crippen molar-refractivity contribution in [3.05, 3.63) is 35.9 Å². The van der Waals surface area contributed by atoms with E-state index in [1.807, 2.05) is 44.2 Å². The maximum atomic E-state index is 12.2. The second kappa shape index (κ2) is 4.80. The van der Waals surface area contributed by atoms with Crippen LogP contribution in [0, 0.1) is 5.92 Å². The third-order valence-corrected chi connectivity index (χ3v) is 3.49. The highest BCUT2D eigenvalue weighted by atomic mass is 16.2. The lowest BCUT2D eigenvalue weighted by Crippen LogP contribution is -2.69. The molecule has 1 fully saturated rings. The Hall–Kier alpha value is -1.84. The Morgan fingerprint density at radius 2 is 1.89 bits per heavy atom. The van der Waals surface area contributed by atoms with Gasteiger partial charge in [-0.05, 0) is 11.5 Å². The summed E-state index contributed by atoms with van der Waals surface area (Å²) >= 11 is 0. The predicted molar refractivity (Wildman–Crippen MR) is 68.9 cm³/mol. The summed E-state index contributed by atoms with van der Waals surface area (Å²) in [4.78, 5) is 23.8. The summed E-state index contributed by atoms with van der Waals surface area (Å²) in [5, 5.41) is 5.55. The molecule has 1 unspecified atom stereocenters. The summed E-state index contributed by atoms with van der Waals surface area (Å²) in [6.07, 6.45) is 0.517. The van der Waals surface area contributed by atoms with Crippen LogP contribution in [0.5, 0.6) is 0 Å². The Morgan fingerprint density at radius 1 is 1.22 bits per heavy atom. The van der Waals surface area contributed by atoms with E-state index in [2.05, 4.69) is 10.6 Å². The largest absolute Gasteiger partial charge is 0.345 e. The lowest BCUT2D eigenvalue weighted by molar-refractivity contribution is -0.140. The Kier molecular flexibility index (Phi) is 3.36. The molecule has 0 radical (unpaired) electrons. The topological polar surface area (TPSA) is 58.2 Å². The third kappa shape index (κ3) is 2.23. The van der Waals surface area contributed by atoms with Gasteiger partial charge in [0, 0.05) is 6.42 Å². The molecule has 2 rings (SSSR count). The van der Waals surface area contributed by atoms with Gasteiger partial charge in [-0.1, -0.05) is 44.2 Å². The highest BCUT2D eigenvalue weighted by Gasteiger charge is 2.45. The van der Waals surface area contributed by atoms with Gasteiger partial charge in [-0.2, -0.15) is 0 Å². The van der Waals surface area contributed by atoms with Gasteiger partial charge in [-0.3, -0.25) is 9.59 Å². The number of benzene rings is 1. The van der Waals surface area contributed by atoms with Gasteiger partial charge >= 0.3 is 0 Å². The first-order chi connectivity index (χ1) is 8.54. The molecule has 4 heteroatoms. The SMILES string of the molecule is CC(C)C1(Cc2ccccc2)NC(=O)CNC1=O. The summed E-state index contributed by atoms with van der Waals surface area (Å²) in [5.74, 6) is -0.192. The predicted octanol–water partition coefficient (Wildman–Crippen LogP) is 0.870. The number of carbonyl (C=O) groups is 2. The van der Waals surface area contributed by atoms with Crippen LogP contribution in [0.25, 0.3) is 0 Å². The molecule has 0 saturated carbocycles. The standard InChI is InChI=1S/C14H18N2O2/c1-10(2)14(8-11-6-4-3-5-7-11)13(18)15-9-12(17)16-14/h3-7,10H,8-9H2,1-2H3,(H,15,18)(H,16,17). The van der Waals surface area contributed by atoms with E-state index in [1.165, 1.54) is 0 Å². The molecule has 0 spiro atoms. The first-order valence-corrected chi connectivity index (χ1v) is 6.18. The number of rotatable bonds is 3. The normalized spacial score (nSPS) is 23.7. The van der Waals surface area contributed by atoms with Crippen LogP contribution in [0.1, 0.15) is 19.4 Å². The minimum atomic E-state index is -0.837. The van der Waals surface area contributed by atoms with Crippen LogP contribution < -0.4 is 10.6 Å². The quantitative estimate of drug-likeness (QED) is 0.831. The first kappa shape index (κ1) is 12.6. The van der Waals surface area contributed by atoms with Crippen LogP contribution in [0.15, 0.2) is 30.3 Å². The number of carbonyl (C=O) groups excluding carboxylic acids is 2. The molecule has 2 N–H and O–H groups in total. The molecule has 1 atom stereocenters. The molecule has 1 aliphatic heterocycles. The number of piperazine rings is 1. The lowest BCUT2D eigenvalue weighted by atomic mass is 9.79. The van der Waals surface area contributed by atoms with Crippen LogP contribution in [-0.4, -0.2) is 23.9 Å². The molecular weight excluding hydrogens is 228 g/mol. The number of amides is 2. The Bertz CT molecular complexity index is 456. The number of hydrogen-bond acceptors (Lipinski definition) is 2. The van der Waals surface area contributed by atoms with E-state index in [9.17, 15) is 9.59 Å². The molecule has 96 valence electrons. The first-order valence-electron chi connectivity index (χ1n) is 6.18. The van der Waals surface area contributed by atoms with Gasteiger partial charge in [0.1, 0.15) is 5.54 Å². The lowest BCUT2D eigenvalue weighted by Gasteiger charge is -2.40. The monoisotopic (exact) mass is 246 g/mol. The molecule has 4 nitrogen and oxygen atoms in total. The smallest absolute Gasteiger partial charge is 0.246 e. The van der Waals surface area contributed by atoms with Crippen LogP contribution >= 0.6 is 0 Å².